The maximum Gasteiger partial charge on any atom is 0.0702 e. The van der Waals surface area contributed by atoms with Crippen molar-refractivity contribution in [2.75, 3.05) is 6.54 Å². The van der Waals surface area contributed by atoms with Crippen LogP contribution in [0.1, 0.15) is 11.1 Å². The van der Waals surface area contributed by atoms with Crippen LogP contribution in [-0.2, 0) is 6.42 Å². The number of aliphatic hydroxyl groups excluding tert-OH is 1. The molecular formula is C10H14ClNO. The first kappa shape index (κ1) is 10.5. The highest BCUT2D eigenvalue weighted by Gasteiger charge is 2.06. The maximum absolute atomic E-state index is 9.36. The Kier molecular flexibility index (Phi) is 3.72. The Bertz CT molecular complexity index is 288. The summed E-state index contributed by atoms with van der Waals surface area (Å²) in [5.74, 6) is 0. The topological polar surface area (TPSA) is 46.2 Å². The van der Waals surface area contributed by atoms with Crippen molar-refractivity contribution in [1.82, 2.24) is 0 Å². The van der Waals surface area contributed by atoms with Crippen molar-refractivity contribution in [3.63, 3.8) is 0 Å². The number of hydrogen-bond acceptors (Lipinski definition) is 2. The normalized spacial score (nSPS) is 12.9. The van der Waals surface area contributed by atoms with Gasteiger partial charge in [0.05, 0.1) is 6.10 Å². The smallest absolute Gasteiger partial charge is 0.0702 e. The first-order chi connectivity index (χ1) is 6.15. The summed E-state index contributed by atoms with van der Waals surface area (Å²) in [7, 11) is 0. The predicted octanol–water partition coefficient (Wildman–Crippen LogP) is 1.51. The van der Waals surface area contributed by atoms with E-state index in [0.717, 1.165) is 16.1 Å². The van der Waals surface area contributed by atoms with Crippen LogP contribution in [0.3, 0.4) is 0 Å². The second-order valence-electron chi connectivity index (χ2n) is 3.12. The summed E-state index contributed by atoms with van der Waals surface area (Å²) >= 11 is 5.93. The van der Waals surface area contributed by atoms with Gasteiger partial charge in [-0.05, 0) is 30.5 Å². The largest absolute Gasteiger partial charge is 0.391 e. The number of nitrogens with two attached hydrogens (primary N) is 1. The van der Waals surface area contributed by atoms with Crippen molar-refractivity contribution in [3.05, 3.63) is 34.3 Å². The summed E-state index contributed by atoms with van der Waals surface area (Å²) in [6, 6.07) is 5.68. The van der Waals surface area contributed by atoms with Crippen molar-refractivity contribution >= 4 is 11.6 Å². The average Bonchev–Trinajstić information content (AvgIpc) is 2.13. The first-order valence-corrected chi connectivity index (χ1v) is 4.65. The van der Waals surface area contributed by atoms with E-state index in [1.54, 1.807) is 0 Å². The zero-order chi connectivity index (χ0) is 9.84. The van der Waals surface area contributed by atoms with Crippen molar-refractivity contribution < 1.29 is 5.11 Å². The predicted molar refractivity (Wildman–Crippen MR) is 55.0 cm³/mol. The second-order valence-corrected chi connectivity index (χ2v) is 3.52. The quantitative estimate of drug-likeness (QED) is 0.776. The van der Waals surface area contributed by atoms with E-state index in [1.165, 1.54) is 0 Å². The van der Waals surface area contributed by atoms with Crippen molar-refractivity contribution in [3.8, 4) is 0 Å². The molecule has 0 radical (unpaired) electrons. The highest BCUT2D eigenvalue weighted by atomic mass is 35.5. The summed E-state index contributed by atoms with van der Waals surface area (Å²) in [5, 5.41) is 10.1. The molecule has 1 aromatic rings. The fraction of sp³-hybridized carbons (Fsp3) is 0.400. The molecule has 2 nitrogen and oxygen atoms in total. The van der Waals surface area contributed by atoms with Gasteiger partial charge >= 0.3 is 0 Å². The average molecular weight is 200 g/mol. The van der Waals surface area contributed by atoms with Crippen LogP contribution >= 0.6 is 11.6 Å². The molecule has 0 aliphatic rings. The molecule has 0 saturated carbocycles. The van der Waals surface area contributed by atoms with Gasteiger partial charge in [0.1, 0.15) is 0 Å². The molecule has 0 aliphatic heterocycles. The summed E-state index contributed by atoms with van der Waals surface area (Å²) in [5.41, 5.74) is 7.41. The van der Waals surface area contributed by atoms with Crippen LogP contribution < -0.4 is 5.73 Å². The van der Waals surface area contributed by atoms with Crippen molar-refractivity contribution in [2.24, 2.45) is 5.73 Å². The Morgan fingerprint density at radius 3 is 2.85 bits per heavy atom. The number of aliphatic hydroxyl groups is 1. The molecule has 3 N–H and O–H groups in total. The number of benzene rings is 1. The number of hydrogen-bond donors (Lipinski definition) is 2. The van der Waals surface area contributed by atoms with Gasteiger partial charge in [-0.2, -0.15) is 0 Å². The molecule has 0 fully saturated rings. The third-order valence-electron chi connectivity index (χ3n) is 2.11. The van der Waals surface area contributed by atoms with Crippen molar-refractivity contribution in [1.29, 1.82) is 0 Å². The lowest BCUT2D eigenvalue weighted by Gasteiger charge is -2.10. The van der Waals surface area contributed by atoms with E-state index in [0.29, 0.717) is 6.42 Å². The van der Waals surface area contributed by atoms with Gasteiger partial charge in [0.15, 0.2) is 0 Å². The van der Waals surface area contributed by atoms with Crippen LogP contribution in [0.2, 0.25) is 5.02 Å². The monoisotopic (exact) mass is 199 g/mol. The third kappa shape index (κ3) is 2.69. The van der Waals surface area contributed by atoms with Crippen LogP contribution in [0.4, 0.5) is 0 Å². The molecule has 13 heavy (non-hydrogen) atoms. The van der Waals surface area contributed by atoms with Gasteiger partial charge in [0, 0.05) is 11.6 Å². The SMILES string of the molecule is Cc1c(Cl)cccc1CC(O)CN. The van der Waals surface area contributed by atoms with E-state index in [1.807, 2.05) is 25.1 Å². The molecule has 0 aliphatic carbocycles. The van der Waals surface area contributed by atoms with Gasteiger partial charge in [0.2, 0.25) is 0 Å². The molecule has 0 heterocycles. The van der Waals surface area contributed by atoms with E-state index in [-0.39, 0.29) is 6.54 Å². The molecule has 0 aromatic heterocycles. The Balaban J connectivity index is 2.83. The minimum absolute atomic E-state index is 0.284. The van der Waals surface area contributed by atoms with E-state index >= 15 is 0 Å². The first-order valence-electron chi connectivity index (χ1n) is 4.27. The Morgan fingerprint density at radius 1 is 1.54 bits per heavy atom. The van der Waals surface area contributed by atoms with E-state index in [9.17, 15) is 5.11 Å². The zero-order valence-electron chi connectivity index (χ0n) is 7.63. The summed E-state index contributed by atoms with van der Waals surface area (Å²) in [6.45, 7) is 2.23. The molecule has 0 spiro atoms. The Labute approximate surface area is 83.3 Å². The highest BCUT2D eigenvalue weighted by Crippen LogP contribution is 2.19. The van der Waals surface area contributed by atoms with Gasteiger partial charge in [-0.15, -0.1) is 0 Å². The van der Waals surface area contributed by atoms with E-state index < -0.39 is 6.10 Å². The zero-order valence-corrected chi connectivity index (χ0v) is 8.38. The fourth-order valence-corrected chi connectivity index (χ4v) is 1.40. The maximum atomic E-state index is 9.36. The lowest BCUT2D eigenvalue weighted by Crippen LogP contribution is -2.22. The van der Waals surface area contributed by atoms with Crippen LogP contribution in [-0.4, -0.2) is 17.8 Å². The number of rotatable bonds is 3. The molecular weight excluding hydrogens is 186 g/mol. The number of halogens is 1. The molecule has 1 rings (SSSR count). The third-order valence-corrected chi connectivity index (χ3v) is 2.52. The Hall–Kier alpha value is -0.570. The summed E-state index contributed by atoms with van der Waals surface area (Å²) < 4.78 is 0. The molecule has 3 heteroatoms. The standard InChI is InChI=1S/C10H14ClNO/c1-7-8(5-9(13)6-12)3-2-4-10(7)11/h2-4,9,13H,5-6,12H2,1H3. The molecule has 1 aromatic carbocycles. The Morgan fingerprint density at radius 2 is 2.23 bits per heavy atom. The highest BCUT2D eigenvalue weighted by molar-refractivity contribution is 6.31. The van der Waals surface area contributed by atoms with Gasteiger partial charge in [-0.1, -0.05) is 23.7 Å². The fourth-order valence-electron chi connectivity index (χ4n) is 1.21. The van der Waals surface area contributed by atoms with E-state index in [4.69, 9.17) is 17.3 Å². The minimum Gasteiger partial charge on any atom is -0.391 e. The summed E-state index contributed by atoms with van der Waals surface area (Å²) in [6.07, 6.45) is 0.0975. The second kappa shape index (κ2) is 4.61. The van der Waals surface area contributed by atoms with Crippen LogP contribution in [0.15, 0.2) is 18.2 Å². The molecule has 0 bridgehead atoms. The van der Waals surface area contributed by atoms with Gasteiger partial charge in [-0.3, -0.25) is 0 Å². The molecule has 0 saturated heterocycles. The van der Waals surface area contributed by atoms with Crippen molar-refractivity contribution in [2.45, 2.75) is 19.4 Å². The van der Waals surface area contributed by atoms with Gasteiger partial charge < -0.3 is 10.8 Å². The van der Waals surface area contributed by atoms with Crippen LogP contribution in [0.5, 0.6) is 0 Å². The van der Waals surface area contributed by atoms with Crippen LogP contribution in [0, 0.1) is 6.92 Å². The van der Waals surface area contributed by atoms with Crippen LogP contribution in [0.25, 0.3) is 0 Å². The molecule has 1 atom stereocenters. The molecule has 72 valence electrons. The minimum atomic E-state index is -0.475. The molecule has 1 unspecified atom stereocenters. The molecule has 0 amide bonds. The van der Waals surface area contributed by atoms with Gasteiger partial charge in [-0.25, -0.2) is 0 Å². The summed E-state index contributed by atoms with van der Waals surface area (Å²) in [4.78, 5) is 0. The lowest BCUT2D eigenvalue weighted by molar-refractivity contribution is 0.183. The lowest BCUT2D eigenvalue weighted by atomic mass is 10.0. The van der Waals surface area contributed by atoms with E-state index in [2.05, 4.69) is 0 Å². The van der Waals surface area contributed by atoms with Gasteiger partial charge in [0.25, 0.3) is 0 Å².